The topological polar surface area (TPSA) is 104 Å². The molecule has 1 heterocycles. The van der Waals surface area contributed by atoms with Gasteiger partial charge in [0.25, 0.3) is 11.7 Å². The lowest BCUT2D eigenvalue weighted by molar-refractivity contribution is -0.145. The van der Waals surface area contributed by atoms with Crippen LogP contribution in [-0.2, 0) is 17.5 Å². The summed E-state index contributed by atoms with van der Waals surface area (Å²) in [7, 11) is 0. The van der Waals surface area contributed by atoms with Crippen LogP contribution in [0.4, 0.5) is 18.9 Å². The third kappa shape index (κ3) is 4.33. The van der Waals surface area contributed by atoms with E-state index in [0.29, 0.717) is 16.8 Å². The van der Waals surface area contributed by atoms with Crippen molar-refractivity contribution in [1.82, 2.24) is 14.8 Å². The van der Waals surface area contributed by atoms with Gasteiger partial charge in [-0.2, -0.15) is 18.4 Å². The van der Waals surface area contributed by atoms with Crippen LogP contribution in [0.5, 0.6) is 0 Å². The molecule has 0 fully saturated rings. The molecule has 132 valence electrons. The lowest BCUT2D eigenvalue weighted by atomic mass is 10.1. The monoisotopic (exact) mass is 353 g/mol. The number of nitrogens with zero attached hydrogens (tertiary/aromatic N) is 4. The Kier molecular flexibility index (Phi) is 4.80. The molecule has 0 saturated heterocycles. The van der Waals surface area contributed by atoms with E-state index in [1.54, 1.807) is 13.0 Å². The molecular weight excluding hydrogens is 339 g/mol. The molecule has 0 aliphatic rings. The summed E-state index contributed by atoms with van der Waals surface area (Å²) < 4.78 is 38.2. The molecule has 0 spiro atoms. The van der Waals surface area contributed by atoms with Crippen molar-refractivity contribution in [3.63, 3.8) is 0 Å². The molecule has 2 aromatic rings. The van der Waals surface area contributed by atoms with Crippen LogP contribution in [0.3, 0.4) is 0 Å². The van der Waals surface area contributed by atoms with Crippen LogP contribution >= 0.6 is 0 Å². The van der Waals surface area contributed by atoms with Crippen molar-refractivity contribution in [2.45, 2.75) is 32.2 Å². The van der Waals surface area contributed by atoms with E-state index in [9.17, 15) is 23.1 Å². The summed E-state index contributed by atoms with van der Waals surface area (Å²) in [5, 5.41) is 24.8. The van der Waals surface area contributed by atoms with Gasteiger partial charge >= 0.3 is 6.18 Å². The van der Waals surface area contributed by atoms with Crippen molar-refractivity contribution < 1.29 is 23.1 Å². The molecule has 0 aliphatic heterocycles. The summed E-state index contributed by atoms with van der Waals surface area (Å²) >= 11 is 0. The maximum absolute atomic E-state index is 12.5. The Morgan fingerprint density at radius 1 is 1.44 bits per heavy atom. The Morgan fingerprint density at radius 3 is 2.64 bits per heavy atom. The van der Waals surface area contributed by atoms with Gasteiger partial charge in [-0.15, -0.1) is 5.10 Å². The molecular formula is C15H14F3N5O2. The van der Waals surface area contributed by atoms with Gasteiger partial charge < -0.3 is 10.4 Å². The Hall–Kier alpha value is -2.93. The number of carbonyl (C=O) groups excluding carboxylic acids is 1. The number of carbonyl (C=O) groups is 1. The molecule has 0 bridgehead atoms. The maximum atomic E-state index is 12.5. The first-order valence-electron chi connectivity index (χ1n) is 7.04. The molecule has 7 nitrogen and oxygen atoms in total. The summed E-state index contributed by atoms with van der Waals surface area (Å²) in [4.78, 5) is 15.3. The molecule has 0 radical (unpaired) electrons. The fourth-order valence-corrected chi connectivity index (χ4v) is 2.02. The zero-order valence-corrected chi connectivity index (χ0v) is 13.3. The number of anilines is 1. The highest BCUT2D eigenvalue weighted by Crippen LogP contribution is 2.25. The van der Waals surface area contributed by atoms with Crippen molar-refractivity contribution >= 4 is 11.6 Å². The van der Waals surface area contributed by atoms with Crippen molar-refractivity contribution in [2.75, 3.05) is 5.32 Å². The Balaban J connectivity index is 2.11. The predicted molar refractivity (Wildman–Crippen MR) is 80.2 cm³/mol. The number of rotatable bonds is 4. The number of hydrogen-bond donors (Lipinski definition) is 2. The molecule has 1 unspecified atom stereocenters. The zero-order valence-electron chi connectivity index (χ0n) is 13.3. The maximum Gasteiger partial charge on any atom is 0.453 e. The highest BCUT2D eigenvalue weighted by Gasteiger charge is 2.37. The van der Waals surface area contributed by atoms with Gasteiger partial charge in [-0.25, -0.2) is 9.67 Å². The standard InChI is InChI=1S/C15H14F3N5O2/c1-9-5-11(4-3-10(9)6-19)21-13(24)14(2,25)7-23-8-20-12(22-23)15(16,17)18/h3-5,8,25H,7H2,1-2H3,(H,21,24). The minimum Gasteiger partial charge on any atom is -0.378 e. The molecule has 25 heavy (non-hydrogen) atoms. The zero-order chi connectivity index (χ0) is 18.8. The summed E-state index contributed by atoms with van der Waals surface area (Å²) in [5.74, 6) is -2.19. The third-order valence-corrected chi connectivity index (χ3v) is 3.35. The van der Waals surface area contributed by atoms with Crippen LogP contribution in [0.25, 0.3) is 0 Å². The van der Waals surface area contributed by atoms with Gasteiger partial charge in [0.2, 0.25) is 0 Å². The van der Waals surface area contributed by atoms with Crippen molar-refractivity contribution in [1.29, 1.82) is 5.26 Å². The second kappa shape index (κ2) is 6.52. The van der Waals surface area contributed by atoms with Gasteiger partial charge in [-0.3, -0.25) is 4.79 Å². The van der Waals surface area contributed by atoms with Gasteiger partial charge in [-0.1, -0.05) is 0 Å². The van der Waals surface area contributed by atoms with Crippen molar-refractivity contribution in [2.24, 2.45) is 0 Å². The van der Waals surface area contributed by atoms with E-state index in [4.69, 9.17) is 5.26 Å². The van der Waals surface area contributed by atoms with E-state index in [2.05, 4.69) is 15.4 Å². The summed E-state index contributed by atoms with van der Waals surface area (Å²) in [6.45, 7) is 2.31. The van der Waals surface area contributed by atoms with Crippen molar-refractivity contribution in [3.05, 3.63) is 41.5 Å². The Bertz CT molecular complexity index is 836. The van der Waals surface area contributed by atoms with Gasteiger partial charge in [0.1, 0.15) is 6.33 Å². The Morgan fingerprint density at radius 2 is 2.12 bits per heavy atom. The average molecular weight is 353 g/mol. The quantitative estimate of drug-likeness (QED) is 0.873. The molecule has 10 heteroatoms. The van der Waals surface area contributed by atoms with E-state index in [-0.39, 0.29) is 0 Å². The summed E-state index contributed by atoms with van der Waals surface area (Å²) in [6.07, 6.45) is -3.92. The smallest absolute Gasteiger partial charge is 0.378 e. The van der Waals surface area contributed by atoms with Crippen LogP contribution in [0.1, 0.15) is 23.9 Å². The van der Waals surface area contributed by atoms with Gasteiger partial charge in [0.05, 0.1) is 18.2 Å². The highest BCUT2D eigenvalue weighted by molar-refractivity contribution is 5.96. The molecule has 1 atom stereocenters. The van der Waals surface area contributed by atoms with Crippen LogP contribution in [-0.4, -0.2) is 31.4 Å². The lowest BCUT2D eigenvalue weighted by Crippen LogP contribution is -2.44. The lowest BCUT2D eigenvalue weighted by Gasteiger charge is -2.22. The Labute approximate surface area is 140 Å². The number of halogens is 3. The van der Waals surface area contributed by atoms with E-state index in [1.807, 2.05) is 6.07 Å². The van der Waals surface area contributed by atoms with Gasteiger partial charge in [-0.05, 0) is 37.6 Å². The van der Waals surface area contributed by atoms with E-state index < -0.39 is 30.1 Å². The highest BCUT2D eigenvalue weighted by atomic mass is 19.4. The first kappa shape index (κ1) is 18.4. The summed E-state index contributed by atoms with van der Waals surface area (Å²) in [5.41, 5.74) is -0.618. The van der Waals surface area contributed by atoms with Gasteiger partial charge in [0.15, 0.2) is 5.60 Å². The molecule has 1 aromatic carbocycles. The number of amides is 1. The molecule has 1 aromatic heterocycles. The molecule has 2 rings (SSSR count). The molecule has 0 aliphatic carbocycles. The van der Waals surface area contributed by atoms with Crippen LogP contribution in [0.2, 0.25) is 0 Å². The number of aliphatic hydroxyl groups is 1. The minimum absolute atomic E-state index is 0.344. The fourth-order valence-electron chi connectivity index (χ4n) is 2.02. The first-order chi connectivity index (χ1) is 11.5. The second-order valence-electron chi connectivity index (χ2n) is 5.63. The normalized spacial score (nSPS) is 13.8. The van der Waals surface area contributed by atoms with E-state index >= 15 is 0 Å². The van der Waals surface area contributed by atoms with E-state index in [0.717, 1.165) is 17.9 Å². The number of hydrogen-bond acceptors (Lipinski definition) is 5. The van der Waals surface area contributed by atoms with Crippen LogP contribution in [0.15, 0.2) is 24.5 Å². The van der Waals surface area contributed by atoms with E-state index in [1.165, 1.54) is 12.1 Å². The number of aryl methyl sites for hydroxylation is 1. The van der Waals surface area contributed by atoms with Gasteiger partial charge in [0, 0.05) is 5.69 Å². The largest absolute Gasteiger partial charge is 0.453 e. The third-order valence-electron chi connectivity index (χ3n) is 3.35. The molecule has 2 N–H and O–H groups in total. The SMILES string of the molecule is Cc1cc(NC(=O)C(C)(O)Cn2cnc(C(F)(F)F)n2)ccc1C#N. The molecule has 1 amide bonds. The number of nitrogens with one attached hydrogen (secondary N) is 1. The van der Waals surface area contributed by atoms with Crippen molar-refractivity contribution in [3.8, 4) is 6.07 Å². The summed E-state index contributed by atoms with van der Waals surface area (Å²) in [6, 6.07) is 6.52. The second-order valence-corrected chi connectivity index (χ2v) is 5.63. The predicted octanol–water partition coefficient (Wildman–Crippen LogP) is 1.87. The fraction of sp³-hybridized carbons (Fsp3) is 0.333. The average Bonchev–Trinajstić information content (AvgIpc) is 2.95. The number of aromatic nitrogens is 3. The van der Waals surface area contributed by atoms with Crippen LogP contribution < -0.4 is 5.32 Å². The minimum atomic E-state index is -4.71. The first-order valence-corrected chi connectivity index (χ1v) is 7.04. The number of benzene rings is 1. The number of alkyl halides is 3. The van der Waals surface area contributed by atoms with Crippen LogP contribution in [0, 0.1) is 18.3 Å². The number of nitriles is 1. The molecule has 0 saturated carbocycles.